The van der Waals surface area contributed by atoms with Crippen molar-refractivity contribution in [3.05, 3.63) is 29.3 Å². The van der Waals surface area contributed by atoms with Crippen LogP contribution in [0.1, 0.15) is 18.1 Å². The van der Waals surface area contributed by atoms with Gasteiger partial charge < -0.3 is 15.2 Å². The zero-order valence-corrected chi connectivity index (χ0v) is 9.79. The van der Waals surface area contributed by atoms with Crippen molar-refractivity contribution in [1.29, 1.82) is 0 Å². The fraction of sp³-hybridized carbons (Fsp3) is 0.500. The number of aliphatic hydroxyl groups is 1. The van der Waals surface area contributed by atoms with Crippen molar-refractivity contribution < 1.29 is 9.84 Å². The third-order valence-corrected chi connectivity index (χ3v) is 2.54. The van der Waals surface area contributed by atoms with Crippen molar-refractivity contribution in [2.75, 3.05) is 20.7 Å². The molecule has 0 aromatic heterocycles. The summed E-state index contributed by atoms with van der Waals surface area (Å²) in [7, 11) is 3.47. The van der Waals surface area contributed by atoms with Crippen LogP contribution in [0.2, 0.25) is 0 Å². The summed E-state index contributed by atoms with van der Waals surface area (Å²) in [5.41, 5.74) is 1.09. The van der Waals surface area contributed by atoms with Gasteiger partial charge in [0.05, 0.1) is 12.7 Å². The fourth-order valence-electron chi connectivity index (χ4n) is 1.66. The second-order valence-corrected chi connectivity index (χ2v) is 3.99. The largest absolute Gasteiger partial charge is 0.496 e. The number of hydrogen-bond donors (Lipinski definition) is 2. The van der Waals surface area contributed by atoms with E-state index in [-0.39, 0.29) is 0 Å². The maximum Gasteiger partial charge on any atom is 0.121 e. The molecule has 0 heterocycles. The normalized spacial score (nSPS) is 14.7. The van der Waals surface area contributed by atoms with E-state index in [2.05, 4.69) is 5.32 Å². The molecule has 0 spiro atoms. The first-order chi connectivity index (χ1) is 7.01. The molecule has 15 heavy (non-hydrogen) atoms. The summed E-state index contributed by atoms with van der Waals surface area (Å²) >= 11 is 0. The van der Waals surface area contributed by atoms with Crippen LogP contribution in [0.3, 0.4) is 0 Å². The molecular formula is C12H19NO2. The number of aryl methyl sites for hydroxylation is 1. The van der Waals surface area contributed by atoms with Gasteiger partial charge in [0.2, 0.25) is 0 Å². The molecule has 1 unspecified atom stereocenters. The number of ether oxygens (including phenoxy) is 1. The van der Waals surface area contributed by atoms with E-state index >= 15 is 0 Å². The van der Waals surface area contributed by atoms with Crippen molar-refractivity contribution in [3.8, 4) is 5.75 Å². The van der Waals surface area contributed by atoms with Crippen molar-refractivity contribution in [3.63, 3.8) is 0 Å². The zero-order chi connectivity index (χ0) is 11.5. The van der Waals surface area contributed by atoms with E-state index < -0.39 is 5.60 Å². The van der Waals surface area contributed by atoms with Crippen LogP contribution in [0.5, 0.6) is 5.75 Å². The Morgan fingerprint density at radius 1 is 1.47 bits per heavy atom. The van der Waals surface area contributed by atoms with Crippen LogP contribution in [-0.4, -0.2) is 25.8 Å². The number of rotatable bonds is 4. The average molecular weight is 209 g/mol. The lowest BCUT2D eigenvalue weighted by molar-refractivity contribution is 0.0590. The molecule has 1 atom stereocenters. The van der Waals surface area contributed by atoms with Crippen molar-refractivity contribution in [2.45, 2.75) is 19.4 Å². The van der Waals surface area contributed by atoms with Gasteiger partial charge in [0.25, 0.3) is 0 Å². The second-order valence-electron chi connectivity index (χ2n) is 3.99. The van der Waals surface area contributed by atoms with Crippen LogP contribution in [0.25, 0.3) is 0 Å². The minimum atomic E-state index is -0.841. The van der Waals surface area contributed by atoms with Crippen molar-refractivity contribution in [2.24, 2.45) is 0 Å². The standard InChI is InChI=1S/C12H19NO2/c1-9-7-10(5-6-11(9)15-4)12(2,14)8-13-3/h5-7,13-14H,8H2,1-4H3. The highest BCUT2D eigenvalue weighted by Crippen LogP contribution is 2.25. The molecule has 1 aromatic carbocycles. The number of nitrogens with one attached hydrogen (secondary N) is 1. The molecule has 0 aliphatic rings. The number of benzene rings is 1. The molecule has 0 radical (unpaired) electrons. The molecule has 0 aliphatic heterocycles. The third kappa shape index (κ3) is 2.70. The smallest absolute Gasteiger partial charge is 0.121 e. The van der Waals surface area contributed by atoms with Crippen LogP contribution in [-0.2, 0) is 5.60 Å². The van der Waals surface area contributed by atoms with E-state index in [9.17, 15) is 5.11 Å². The quantitative estimate of drug-likeness (QED) is 0.788. The van der Waals surface area contributed by atoms with Crippen LogP contribution in [0.4, 0.5) is 0 Å². The van der Waals surface area contributed by atoms with Gasteiger partial charge in [-0.25, -0.2) is 0 Å². The molecule has 0 aliphatic carbocycles. The van der Waals surface area contributed by atoms with Crippen molar-refractivity contribution in [1.82, 2.24) is 5.32 Å². The molecule has 84 valence electrons. The molecule has 3 nitrogen and oxygen atoms in total. The van der Waals surface area contributed by atoms with E-state index in [0.717, 1.165) is 16.9 Å². The SMILES string of the molecule is CNCC(C)(O)c1ccc(OC)c(C)c1. The Morgan fingerprint density at radius 3 is 2.60 bits per heavy atom. The summed E-state index contributed by atoms with van der Waals surface area (Å²) in [5, 5.41) is 13.1. The van der Waals surface area contributed by atoms with Crippen LogP contribution < -0.4 is 10.1 Å². The number of hydrogen-bond acceptors (Lipinski definition) is 3. The topological polar surface area (TPSA) is 41.5 Å². The predicted molar refractivity (Wildman–Crippen MR) is 61.2 cm³/mol. The average Bonchev–Trinajstić information content (AvgIpc) is 2.17. The predicted octanol–water partition coefficient (Wildman–Crippen LogP) is 1.43. The molecular weight excluding hydrogens is 190 g/mol. The summed E-state index contributed by atoms with van der Waals surface area (Å²) in [6, 6.07) is 5.73. The minimum Gasteiger partial charge on any atom is -0.496 e. The number of likely N-dealkylation sites (N-methyl/N-ethyl adjacent to an activating group) is 1. The summed E-state index contributed by atoms with van der Waals surface area (Å²) in [6.45, 7) is 4.29. The molecule has 2 N–H and O–H groups in total. The summed E-state index contributed by atoms with van der Waals surface area (Å²) in [4.78, 5) is 0. The molecule has 0 bridgehead atoms. The van der Waals surface area contributed by atoms with Crippen molar-refractivity contribution >= 4 is 0 Å². The van der Waals surface area contributed by atoms with Crippen LogP contribution >= 0.6 is 0 Å². The van der Waals surface area contributed by atoms with Crippen LogP contribution in [0, 0.1) is 6.92 Å². The minimum absolute atomic E-state index is 0.527. The highest BCUT2D eigenvalue weighted by Gasteiger charge is 2.22. The third-order valence-electron chi connectivity index (χ3n) is 2.54. The Morgan fingerprint density at radius 2 is 2.13 bits per heavy atom. The maximum absolute atomic E-state index is 10.2. The van der Waals surface area contributed by atoms with Gasteiger partial charge in [-0.1, -0.05) is 6.07 Å². The summed E-state index contributed by atoms with van der Waals surface area (Å²) in [5.74, 6) is 0.846. The van der Waals surface area contributed by atoms with Crippen LogP contribution in [0.15, 0.2) is 18.2 Å². The van der Waals surface area contributed by atoms with E-state index in [0.29, 0.717) is 6.54 Å². The molecule has 0 saturated carbocycles. The fourth-order valence-corrected chi connectivity index (χ4v) is 1.66. The molecule has 1 aromatic rings. The van der Waals surface area contributed by atoms with Gasteiger partial charge in [0, 0.05) is 6.54 Å². The van der Waals surface area contributed by atoms with Gasteiger partial charge >= 0.3 is 0 Å². The summed E-state index contributed by atoms with van der Waals surface area (Å²) < 4.78 is 5.18. The van der Waals surface area contributed by atoms with E-state index in [4.69, 9.17) is 4.74 Å². The molecule has 1 rings (SSSR count). The van der Waals surface area contributed by atoms with Gasteiger partial charge in [-0.15, -0.1) is 0 Å². The molecule has 0 fully saturated rings. The lowest BCUT2D eigenvalue weighted by Crippen LogP contribution is -2.33. The first-order valence-electron chi connectivity index (χ1n) is 5.03. The highest BCUT2D eigenvalue weighted by molar-refractivity contribution is 5.38. The first kappa shape index (κ1) is 12.0. The highest BCUT2D eigenvalue weighted by atomic mass is 16.5. The lowest BCUT2D eigenvalue weighted by Gasteiger charge is -2.24. The van der Waals surface area contributed by atoms with Gasteiger partial charge in [0.15, 0.2) is 0 Å². The Balaban J connectivity index is 3.01. The van der Waals surface area contributed by atoms with E-state index in [1.165, 1.54) is 0 Å². The molecule has 0 saturated heterocycles. The Labute approximate surface area is 91.1 Å². The van der Waals surface area contributed by atoms with Gasteiger partial charge in [-0.05, 0) is 44.2 Å². The van der Waals surface area contributed by atoms with Gasteiger partial charge in [-0.2, -0.15) is 0 Å². The molecule has 0 amide bonds. The van der Waals surface area contributed by atoms with Gasteiger partial charge in [0.1, 0.15) is 5.75 Å². The summed E-state index contributed by atoms with van der Waals surface area (Å²) in [6.07, 6.45) is 0. The Kier molecular flexibility index (Phi) is 3.72. The van der Waals surface area contributed by atoms with Gasteiger partial charge in [-0.3, -0.25) is 0 Å². The second kappa shape index (κ2) is 4.64. The first-order valence-corrected chi connectivity index (χ1v) is 5.03. The monoisotopic (exact) mass is 209 g/mol. The molecule has 3 heteroatoms. The zero-order valence-electron chi connectivity index (χ0n) is 9.79. The Bertz CT molecular complexity index is 334. The number of methoxy groups -OCH3 is 1. The van der Waals surface area contributed by atoms with E-state index in [1.807, 2.05) is 32.2 Å². The maximum atomic E-state index is 10.2. The Hall–Kier alpha value is -1.06. The lowest BCUT2D eigenvalue weighted by atomic mass is 9.94. The van der Waals surface area contributed by atoms with E-state index in [1.54, 1.807) is 14.0 Å².